The molecule has 0 spiro atoms. The zero-order chi connectivity index (χ0) is 17.0. The van der Waals surface area contributed by atoms with Crippen LogP contribution in [0.1, 0.15) is 5.56 Å². The number of ether oxygens (including phenoxy) is 1. The van der Waals surface area contributed by atoms with Crippen LogP contribution in [0.25, 0.3) is 0 Å². The first-order chi connectivity index (χ1) is 10.8. The lowest BCUT2D eigenvalue weighted by molar-refractivity contribution is -0.167. The van der Waals surface area contributed by atoms with E-state index in [4.69, 9.17) is 4.74 Å². The van der Waals surface area contributed by atoms with E-state index in [1.54, 1.807) is 5.32 Å². The third-order valence-corrected chi connectivity index (χ3v) is 2.79. The predicted octanol–water partition coefficient (Wildman–Crippen LogP) is 3.61. The summed E-state index contributed by atoms with van der Waals surface area (Å²) in [7, 11) is 0. The average Bonchev–Trinajstić information content (AvgIpc) is 2.48. The van der Waals surface area contributed by atoms with Gasteiger partial charge in [0.1, 0.15) is 23.9 Å². The van der Waals surface area contributed by atoms with Gasteiger partial charge in [0.05, 0.1) is 5.69 Å². The number of carbonyl (C=O) groups excluding carboxylic acids is 1. The van der Waals surface area contributed by atoms with Gasteiger partial charge in [-0.05, 0) is 29.8 Å². The number of halogens is 4. The Hall–Kier alpha value is -2.77. The van der Waals surface area contributed by atoms with Crippen LogP contribution >= 0.6 is 0 Å². The molecule has 0 fully saturated rings. The number of carbonyl (C=O) groups is 1. The summed E-state index contributed by atoms with van der Waals surface area (Å²) in [6, 6.07) is 8.96. The molecule has 0 aliphatic rings. The van der Waals surface area contributed by atoms with Gasteiger partial charge in [0.25, 0.3) is 0 Å². The van der Waals surface area contributed by atoms with Crippen LogP contribution in [0.2, 0.25) is 0 Å². The van der Waals surface area contributed by atoms with Crippen molar-refractivity contribution in [2.24, 2.45) is 0 Å². The Labute approximate surface area is 128 Å². The third-order valence-electron chi connectivity index (χ3n) is 2.79. The number of hydrogen-bond donors (Lipinski definition) is 2. The molecule has 0 aromatic heterocycles. The van der Waals surface area contributed by atoms with Gasteiger partial charge in [-0.25, -0.2) is 4.39 Å². The Morgan fingerprint density at radius 1 is 1.13 bits per heavy atom. The standard InChI is InChI=1S/C15H11F4NO3/c16-10-3-1-9(2-4-10)8-23-11-5-6-12(13(21)7-11)20-14(22)15(17,18)19/h1-7,21H,8H2,(H,20,22). The van der Waals surface area contributed by atoms with Crippen molar-refractivity contribution in [3.05, 3.63) is 53.8 Å². The summed E-state index contributed by atoms with van der Waals surface area (Å²) in [6.07, 6.45) is -5.05. The van der Waals surface area contributed by atoms with Gasteiger partial charge in [-0.3, -0.25) is 4.79 Å². The van der Waals surface area contributed by atoms with Crippen molar-refractivity contribution in [3.8, 4) is 11.5 Å². The Bertz CT molecular complexity index is 699. The molecule has 0 aliphatic heterocycles. The average molecular weight is 329 g/mol. The summed E-state index contributed by atoms with van der Waals surface area (Å²) in [5.74, 6) is -2.97. The molecule has 0 atom stereocenters. The summed E-state index contributed by atoms with van der Waals surface area (Å²) in [6.45, 7) is 0.0774. The van der Waals surface area contributed by atoms with Gasteiger partial charge < -0.3 is 15.2 Å². The molecule has 0 radical (unpaired) electrons. The highest BCUT2D eigenvalue weighted by Crippen LogP contribution is 2.30. The number of rotatable bonds is 4. The van der Waals surface area contributed by atoms with E-state index in [0.717, 1.165) is 12.1 Å². The lowest BCUT2D eigenvalue weighted by Gasteiger charge is -2.11. The Morgan fingerprint density at radius 2 is 1.78 bits per heavy atom. The normalized spacial score (nSPS) is 11.1. The van der Waals surface area contributed by atoms with Crippen LogP contribution in [-0.4, -0.2) is 17.2 Å². The molecule has 0 saturated heterocycles. The number of aromatic hydroxyl groups is 1. The van der Waals surface area contributed by atoms with Crippen LogP contribution in [0.4, 0.5) is 23.2 Å². The Balaban J connectivity index is 2.01. The number of alkyl halides is 3. The maximum Gasteiger partial charge on any atom is 0.471 e. The number of nitrogens with one attached hydrogen (secondary N) is 1. The van der Waals surface area contributed by atoms with Gasteiger partial charge in [0, 0.05) is 6.07 Å². The van der Waals surface area contributed by atoms with Gasteiger partial charge in [0.2, 0.25) is 0 Å². The molecule has 0 unspecified atom stereocenters. The zero-order valence-corrected chi connectivity index (χ0v) is 11.5. The minimum atomic E-state index is -5.05. The van der Waals surface area contributed by atoms with Crippen LogP contribution in [0.15, 0.2) is 42.5 Å². The number of phenols is 1. The first kappa shape index (κ1) is 16.6. The molecule has 0 saturated carbocycles. The maximum atomic E-state index is 12.7. The van der Waals surface area contributed by atoms with Crippen molar-refractivity contribution in [2.75, 3.05) is 5.32 Å². The highest BCUT2D eigenvalue weighted by molar-refractivity contribution is 5.96. The van der Waals surface area contributed by atoms with Crippen LogP contribution in [-0.2, 0) is 11.4 Å². The summed E-state index contributed by atoms with van der Waals surface area (Å²) < 4.78 is 54.5. The fourth-order valence-electron chi connectivity index (χ4n) is 1.65. The SMILES string of the molecule is O=C(Nc1ccc(OCc2ccc(F)cc2)cc1O)C(F)(F)F. The minimum absolute atomic E-state index is 0.0774. The number of anilines is 1. The van der Waals surface area contributed by atoms with Gasteiger partial charge in [-0.1, -0.05) is 12.1 Å². The number of phenolic OH excluding ortho intramolecular Hbond substituents is 1. The molecule has 2 rings (SSSR count). The summed E-state index contributed by atoms with van der Waals surface area (Å²) in [4.78, 5) is 10.8. The summed E-state index contributed by atoms with van der Waals surface area (Å²) in [5, 5.41) is 11.2. The van der Waals surface area contributed by atoms with E-state index in [-0.39, 0.29) is 18.0 Å². The van der Waals surface area contributed by atoms with E-state index in [1.807, 2.05) is 0 Å². The van der Waals surface area contributed by atoms with E-state index in [0.29, 0.717) is 5.56 Å². The molecule has 2 aromatic carbocycles. The summed E-state index contributed by atoms with van der Waals surface area (Å²) in [5.41, 5.74) is 0.279. The monoisotopic (exact) mass is 329 g/mol. The van der Waals surface area contributed by atoms with Crippen molar-refractivity contribution in [1.29, 1.82) is 0 Å². The molecule has 23 heavy (non-hydrogen) atoms. The lowest BCUT2D eigenvalue weighted by Crippen LogP contribution is -2.29. The second-order valence-corrected chi connectivity index (χ2v) is 4.55. The van der Waals surface area contributed by atoms with Gasteiger partial charge in [-0.15, -0.1) is 0 Å². The molecule has 122 valence electrons. The van der Waals surface area contributed by atoms with Crippen molar-refractivity contribution >= 4 is 11.6 Å². The van der Waals surface area contributed by atoms with E-state index >= 15 is 0 Å². The summed E-state index contributed by atoms with van der Waals surface area (Å²) >= 11 is 0. The largest absolute Gasteiger partial charge is 0.506 e. The molecule has 0 aliphatic carbocycles. The van der Waals surface area contributed by atoms with E-state index in [1.165, 1.54) is 30.3 Å². The molecule has 1 amide bonds. The molecule has 0 heterocycles. The van der Waals surface area contributed by atoms with Crippen molar-refractivity contribution < 1.29 is 32.2 Å². The number of amides is 1. The quantitative estimate of drug-likeness (QED) is 0.665. The van der Waals surface area contributed by atoms with Gasteiger partial charge in [-0.2, -0.15) is 13.2 Å². The van der Waals surface area contributed by atoms with Crippen LogP contribution in [0.3, 0.4) is 0 Å². The van der Waals surface area contributed by atoms with Crippen molar-refractivity contribution in [3.63, 3.8) is 0 Å². The van der Waals surface area contributed by atoms with Crippen LogP contribution in [0.5, 0.6) is 11.5 Å². The first-order valence-corrected chi connectivity index (χ1v) is 6.34. The lowest BCUT2D eigenvalue weighted by atomic mass is 10.2. The third kappa shape index (κ3) is 4.60. The zero-order valence-electron chi connectivity index (χ0n) is 11.5. The molecule has 4 nitrogen and oxygen atoms in total. The Morgan fingerprint density at radius 3 is 2.35 bits per heavy atom. The van der Waals surface area contributed by atoms with E-state index < -0.39 is 23.7 Å². The van der Waals surface area contributed by atoms with Crippen LogP contribution in [0, 0.1) is 5.82 Å². The highest BCUT2D eigenvalue weighted by Gasteiger charge is 2.39. The number of benzene rings is 2. The molecular formula is C15H11F4NO3. The molecule has 0 bridgehead atoms. The van der Waals surface area contributed by atoms with Crippen LogP contribution < -0.4 is 10.1 Å². The van der Waals surface area contributed by atoms with Crippen molar-refractivity contribution in [1.82, 2.24) is 0 Å². The van der Waals surface area contributed by atoms with Crippen molar-refractivity contribution in [2.45, 2.75) is 12.8 Å². The topological polar surface area (TPSA) is 58.6 Å². The van der Waals surface area contributed by atoms with Gasteiger partial charge in [0.15, 0.2) is 0 Å². The van der Waals surface area contributed by atoms with E-state index in [9.17, 15) is 27.5 Å². The number of hydrogen-bond acceptors (Lipinski definition) is 3. The highest BCUT2D eigenvalue weighted by atomic mass is 19.4. The fraction of sp³-hybridized carbons (Fsp3) is 0.133. The molecule has 8 heteroatoms. The molecule has 2 N–H and O–H groups in total. The fourth-order valence-corrected chi connectivity index (χ4v) is 1.65. The van der Waals surface area contributed by atoms with E-state index in [2.05, 4.69) is 0 Å². The first-order valence-electron chi connectivity index (χ1n) is 6.34. The smallest absolute Gasteiger partial charge is 0.471 e. The van der Waals surface area contributed by atoms with Gasteiger partial charge >= 0.3 is 12.1 Å². The molecular weight excluding hydrogens is 318 g/mol. The maximum absolute atomic E-state index is 12.7. The Kier molecular flexibility index (Phi) is 4.73. The molecule has 2 aromatic rings. The predicted molar refractivity (Wildman–Crippen MR) is 73.5 cm³/mol. The second-order valence-electron chi connectivity index (χ2n) is 4.55. The minimum Gasteiger partial charge on any atom is -0.506 e. The second kappa shape index (κ2) is 6.55.